The zero-order chi connectivity index (χ0) is 17.8. The Morgan fingerprint density at radius 3 is 2.23 bits per heavy atom. The first-order valence-electron chi connectivity index (χ1n) is 8.10. The van der Waals surface area contributed by atoms with Gasteiger partial charge in [0, 0.05) is 22.9 Å². The van der Waals surface area contributed by atoms with Gasteiger partial charge in [-0.3, -0.25) is 15.1 Å². The second-order valence-electron chi connectivity index (χ2n) is 6.23. The number of aromatic nitrogens is 1. The molecule has 4 nitrogen and oxygen atoms in total. The molecule has 5 rings (SSSR count). The predicted octanol–water partition coefficient (Wildman–Crippen LogP) is 6.32. The zero-order valence-electron chi connectivity index (χ0n) is 13.4. The number of rotatable bonds is 2. The number of nitrogens with zero attached hydrogens (tertiary/aromatic N) is 2. The molecular weight excluding hydrogens is 392 g/mol. The van der Waals surface area contributed by atoms with Crippen molar-refractivity contribution in [3.63, 3.8) is 0 Å². The minimum Gasteiger partial charge on any atom is -0.264 e. The van der Waals surface area contributed by atoms with Crippen molar-refractivity contribution < 1.29 is 4.92 Å². The summed E-state index contributed by atoms with van der Waals surface area (Å²) in [4.78, 5) is 15.2. The van der Waals surface area contributed by atoms with E-state index in [1.807, 2.05) is 18.2 Å². The van der Waals surface area contributed by atoms with Crippen LogP contribution >= 0.6 is 15.9 Å². The number of hydrogen-bond acceptors (Lipinski definition) is 3. The Kier molecular flexibility index (Phi) is 3.21. The van der Waals surface area contributed by atoms with E-state index in [1.165, 1.54) is 17.6 Å². The van der Waals surface area contributed by atoms with Crippen LogP contribution in [0.15, 0.2) is 71.5 Å². The highest BCUT2D eigenvalue weighted by molar-refractivity contribution is 9.10. The fourth-order valence-electron chi connectivity index (χ4n) is 3.75. The number of hydrogen-bond donors (Lipinski definition) is 0. The third-order valence-electron chi connectivity index (χ3n) is 4.90. The van der Waals surface area contributed by atoms with Crippen molar-refractivity contribution in [2.24, 2.45) is 0 Å². The molecule has 4 aromatic carbocycles. The minimum atomic E-state index is -0.356. The summed E-state index contributed by atoms with van der Waals surface area (Å²) in [6.45, 7) is 0. The molecule has 0 bridgehead atoms. The molecule has 0 aliphatic carbocycles. The van der Waals surface area contributed by atoms with Gasteiger partial charge in [0.15, 0.2) is 0 Å². The molecule has 0 saturated carbocycles. The van der Waals surface area contributed by atoms with Crippen LogP contribution in [0.1, 0.15) is 0 Å². The van der Waals surface area contributed by atoms with Crippen LogP contribution < -0.4 is 0 Å². The van der Waals surface area contributed by atoms with Gasteiger partial charge in [-0.2, -0.15) is 0 Å². The van der Waals surface area contributed by atoms with Gasteiger partial charge in [0.1, 0.15) is 0 Å². The lowest BCUT2D eigenvalue weighted by Gasteiger charge is -2.14. The van der Waals surface area contributed by atoms with E-state index < -0.39 is 0 Å². The molecule has 0 aliphatic rings. The summed E-state index contributed by atoms with van der Waals surface area (Å²) < 4.78 is 1.04. The van der Waals surface area contributed by atoms with Gasteiger partial charge in [-0.15, -0.1) is 0 Å². The first kappa shape index (κ1) is 15.2. The van der Waals surface area contributed by atoms with Crippen LogP contribution in [-0.2, 0) is 0 Å². The summed E-state index contributed by atoms with van der Waals surface area (Å²) >= 11 is 3.64. The molecule has 0 radical (unpaired) electrons. The third kappa shape index (κ3) is 2.04. The summed E-state index contributed by atoms with van der Waals surface area (Å²) in [6.07, 6.45) is 3.02. The molecule has 0 amide bonds. The van der Waals surface area contributed by atoms with Crippen molar-refractivity contribution in [3.8, 4) is 11.1 Å². The van der Waals surface area contributed by atoms with Crippen LogP contribution in [0.3, 0.4) is 0 Å². The van der Waals surface area contributed by atoms with Gasteiger partial charge >= 0.3 is 0 Å². The lowest BCUT2D eigenvalue weighted by Crippen LogP contribution is -1.94. The molecule has 124 valence electrons. The largest absolute Gasteiger partial charge is 0.280 e. The SMILES string of the molecule is O=[N+]([O-])c1ccncc1-c1ccc2ccc3c(Br)ccc4ccc1c2c43. The van der Waals surface area contributed by atoms with Crippen LogP contribution in [0.4, 0.5) is 5.69 Å². The molecule has 0 N–H and O–H groups in total. The Morgan fingerprint density at radius 1 is 0.808 bits per heavy atom. The summed E-state index contributed by atoms with van der Waals surface area (Å²) in [5.74, 6) is 0. The second-order valence-corrected chi connectivity index (χ2v) is 7.09. The van der Waals surface area contributed by atoms with E-state index in [9.17, 15) is 10.1 Å². The average Bonchev–Trinajstić information content (AvgIpc) is 2.67. The van der Waals surface area contributed by atoms with Gasteiger partial charge in [-0.05, 0) is 43.9 Å². The van der Waals surface area contributed by atoms with Gasteiger partial charge < -0.3 is 0 Å². The van der Waals surface area contributed by atoms with Crippen LogP contribution in [0.2, 0.25) is 0 Å². The molecule has 26 heavy (non-hydrogen) atoms. The number of benzene rings is 4. The van der Waals surface area contributed by atoms with E-state index in [0.717, 1.165) is 37.0 Å². The fourth-order valence-corrected chi connectivity index (χ4v) is 4.22. The van der Waals surface area contributed by atoms with Crippen molar-refractivity contribution in [2.45, 2.75) is 0 Å². The monoisotopic (exact) mass is 402 g/mol. The highest BCUT2D eigenvalue weighted by atomic mass is 79.9. The van der Waals surface area contributed by atoms with Crippen molar-refractivity contribution >= 4 is 53.9 Å². The molecule has 5 heteroatoms. The maximum Gasteiger partial charge on any atom is 0.280 e. The van der Waals surface area contributed by atoms with Crippen molar-refractivity contribution in [2.75, 3.05) is 0 Å². The zero-order valence-corrected chi connectivity index (χ0v) is 15.0. The van der Waals surface area contributed by atoms with Crippen molar-refractivity contribution in [3.05, 3.63) is 81.6 Å². The van der Waals surface area contributed by atoms with Crippen molar-refractivity contribution in [1.82, 2.24) is 4.98 Å². The van der Waals surface area contributed by atoms with Crippen molar-refractivity contribution in [1.29, 1.82) is 0 Å². The molecule has 1 aromatic heterocycles. The van der Waals surface area contributed by atoms with E-state index in [4.69, 9.17) is 0 Å². The summed E-state index contributed by atoms with van der Waals surface area (Å²) in [5, 5.41) is 18.2. The highest BCUT2D eigenvalue weighted by Crippen LogP contribution is 2.42. The maximum atomic E-state index is 11.5. The van der Waals surface area contributed by atoms with E-state index in [-0.39, 0.29) is 10.6 Å². The van der Waals surface area contributed by atoms with E-state index in [1.54, 1.807) is 6.20 Å². The fraction of sp³-hybridized carbons (Fsp3) is 0. The van der Waals surface area contributed by atoms with Crippen LogP contribution in [0.25, 0.3) is 43.4 Å². The van der Waals surface area contributed by atoms with Crippen LogP contribution in [0.5, 0.6) is 0 Å². The molecule has 5 aromatic rings. The Hall–Kier alpha value is -3.05. The molecular formula is C21H11BrN2O2. The summed E-state index contributed by atoms with van der Waals surface area (Å²) in [5.41, 5.74) is 1.43. The Labute approximate surface area is 156 Å². The summed E-state index contributed by atoms with van der Waals surface area (Å²) in [6, 6.07) is 17.9. The Morgan fingerprint density at radius 2 is 1.46 bits per heavy atom. The first-order chi connectivity index (χ1) is 12.6. The maximum absolute atomic E-state index is 11.5. The molecule has 0 spiro atoms. The predicted molar refractivity (Wildman–Crippen MR) is 108 cm³/mol. The Bertz CT molecular complexity index is 1330. The smallest absolute Gasteiger partial charge is 0.264 e. The third-order valence-corrected chi connectivity index (χ3v) is 5.59. The van der Waals surface area contributed by atoms with Crippen LogP contribution in [0, 0.1) is 10.1 Å². The van der Waals surface area contributed by atoms with Gasteiger partial charge in [-0.25, -0.2) is 0 Å². The second kappa shape index (κ2) is 5.47. The molecule has 0 saturated heterocycles. The molecule has 1 heterocycles. The topological polar surface area (TPSA) is 56.0 Å². The molecule has 0 atom stereocenters. The average molecular weight is 403 g/mol. The quantitative estimate of drug-likeness (QED) is 0.197. The van der Waals surface area contributed by atoms with E-state index >= 15 is 0 Å². The Balaban J connectivity index is 1.98. The van der Waals surface area contributed by atoms with Gasteiger partial charge in [0.25, 0.3) is 5.69 Å². The highest BCUT2D eigenvalue weighted by Gasteiger charge is 2.19. The lowest BCUT2D eigenvalue weighted by atomic mass is 9.90. The number of pyridine rings is 1. The standard InChI is InChI=1S/C21H11BrN2O2/c22-18-8-4-13-2-6-15-14(17-11-23-10-9-19(17)24(25)26)5-1-12-3-7-16(18)21(13)20(12)15/h1-11H. The van der Waals surface area contributed by atoms with Gasteiger partial charge in [-0.1, -0.05) is 58.4 Å². The molecule has 0 fully saturated rings. The normalized spacial score (nSPS) is 11.6. The minimum absolute atomic E-state index is 0.0659. The van der Waals surface area contributed by atoms with E-state index in [0.29, 0.717) is 5.56 Å². The van der Waals surface area contributed by atoms with E-state index in [2.05, 4.69) is 51.2 Å². The van der Waals surface area contributed by atoms with Crippen LogP contribution in [-0.4, -0.2) is 9.91 Å². The van der Waals surface area contributed by atoms with Gasteiger partial charge in [0.05, 0.1) is 10.5 Å². The molecule has 0 aliphatic heterocycles. The lowest BCUT2D eigenvalue weighted by molar-refractivity contribution is -0.384. The molecule has 0 unspecified atom stereocenters. The van der Waals surface area contributed by atoms with Gasteiger partial charge in [0.2, 0.25) is 0 Å². The summed E-state index contributed by atoms with van der Waals surface area (Å²) in [7, 11) is 0. The first-order valence-corrected chi connectivity index (χ1v) is 8.89. The number of nitro groups is 1. The number of halogens is 1.